The summed E-state index contributed by atoms with van der Waals surface area (Å²) >= 11 is 11.7. The average molecular weight is 339 g/mol. The lowest BCUT2D eigenvalue weighted by atomic mass is 10.2. The molecular weight excluding hydrogens is 327 g/mol. The van der Waals surface area contributed by atoms with E-state index in [1.54, 1.807) is 42.5 Å². The number of ether oxygens (including phenoxy) is 1. The van der Waals surface area contributed by atoms with Crippen molar-refractivity contribution in [2.75, 3.05) is 11.9 Å². The summed E-state index contributed by atoms with van der Waals surface area (Å²) in [4.78, 5) is 11.8. The average Bonchev–Trinajstić information content (AvgIpc) is 2.51. The van der Waals surface area contributed by atoms with E-state index in [4.69, 9.17) is 33.1 Å². The minimum atomic E-state index is -0.320. The largest absolute Gasteiger partial charge is 0.484 e. The smallest absolute Gasteiger partial charge is 0.262 e. The summed E-state index contributed by atoms with van der Waals surface area (Å²) in [6, 6.07) is 11.5. The molecule has 2 rings (SSSR count). The van der Waals surface area contributed by atoms with Gasteiger partial charge in [0, 0.05) is 5.69 Å². The number of benzene rings is 2. The summed E-state index contributed by atoms with van der Waals surface area (Å²) in [6.45, 7) is -0.145. The van der Waals surface area contributed by atoms with Gasteiger partial charge in [-0.3, -0.25) is 4.79 Å². The van der Waals surface area contributed by atoms with Gasteiger partial charge in [-0.1, -0.05) is 28.4 Å². The lowest BCUT2D eigenvalue weighted by molar-refractivity contribution is -0.118. The van der Waals surface area contributed by atoms with Gasteiger partial charge < -0.3 is 15.3 Å². The second kappa shape index (κ2) is 7.68. The third-order valence-electron chi connectivity index (χ3n) is 2.66. The maximum atomic E-state index is 11.8. The first-order valence-electron chi connectivity index (χ1n) is 6.23. The summed E-state index contributed by atoms with van der Waals surface area (Å²) in [5.41, 5.74) is 1.26. The Hall–Kier alpha value is -2.24. The minimum absolute atomic E-state index is 0.145. The van der Waals surface area contributed by atoms with Gasteiger partial charge in [-0.05, 0) is 48.0 Å². The Morgan fingerprint density at radius 1 is 1.18 bits per heavy atom. The molecule has 7 heteroatoms. The van der Waals surface area contributed by atoms with Crippen LogP contribution in [-0.2, 0) is 4.79 Å². The maximum Gasteiger partial charge on any atom is 0.262 e. The highest BCUT2D eigenvalue weighted by Gasteiger charge is 2.05. The van der Waals surface area contributed by atoms with Crippen molar-refractivity contribution in [3.8, 4) is 5.75 Å². The van der Waals surface area contributed by atoms with E-state index in [1.807, 2.05) is 0 Å². The first-order valence-corrected chi connectivity index (χ1v) is 6.99. The van der Waals surface area contributed by atoms with Crippen LogP contribution in [0.4, 0.5) is 5.69 Å². The van der Waals surface area contributed by atoms with Crippen LogP contribution in [0.3, 0.4) is 0 Å². The number of carbonyl (C=O) groups is 1. The third kappa shape index (κ3) is 4.65. The predicted octanol–water partition coefficient (Wildman–Crippen LogP) is 3.82. The molecule has 5 nitrogen and oxygen atoms in total. The Kier molecular flexibility index (Phi) is 5.63. The lowest BCUT2D eigenvalue weighted by Crippen LogP contribution is -2.20. The summed E-state index contributed by atoms with van der Waals surface area (Å²) in [6.07, 6.45) is 1.29. The molecule has 0 aliphatic rings. The van der Waals surface area contributed by atoms with E-state index in [1.165, 1.54) is 6.21 Å². The number of nitrogens with one attached hydrogen (secondary N) is 1. The fourth-order valence-electron chi connectivity index (χ4n) is 1.64. The van der Waals surface area contributed by atoms with Crippen LogP contribution in [0.2, 0.25) is 10.0 Å². The molecule has 0 aliphatic heterocycles. The van der Waals surface area contributed by atoms with Crippen molar-refractivity contribution in [2.45, 2.75) is 0 Å². The second-order valence-electron chi connectivity index (χ2n) is 4.28. The van der Waals surface area contributed by atoms with Crippen molar-refractivity contribution in [2.24, 2.45) is 5.16 Å². The molecule has 0 saturated heterocycles. The van der Waals surface area contributed by atoms with Crippen LogP contribution < -0.4 is 10.1 Å². The minimum Gasteiger partial charge on any atom is -0.484 e. The SMILES string of the molecule is O=C(COc1ccc(C=NO)cc1)Nc1ccc(Cl)c(Cl)c1. The second-order valence-corrected chi connectivity index (χ2v) is 5.09. The van der Waals surface area contributed by atoms with Gasteiger partial charge in [-0.15, -0.1) is 0 Å². The van der Waals surface area contributed by atoms with E-state index in [0.29, 0.717) is 21.5 Å². The molecule has 0 aromatic heterocycles. The number of halogens is 2. The molecule has 2 aromatic carbocycles. The van der Waals surface area contributed by atoms with E-state index >= 15 is 0 Å². The normalized spacial score (nSPS) is 10.6. The number of nitrogens with zero attached hydrogens (tertiary/aromatic N) is 1. The van der Waals surface area contributed by atoms with Crippen molar-refractivity contribution < 1.29 is 14.7 Å². The molecule has 0 spiro atoms. The Morgan fingerprint density at radius 3 is 2.55 bits per heavy atom. The standard InChI is InChI=1S/C15H12Cl2N2O3/c16-13-6-3-11(7-14(13)17)19-15(20)9-22-12-4-1-10(2-5-12)8-18-21/h1-8,21H,9H2,(H,19,20). The van der Waals surface area contributed by atoms with Crippen molar-refractivity contribution in [1.82, 2.24) is 0 Å². The summed E-state index contributed by atoms with van der Waals surface area (Å²) in [5, 5.41) is 14.8. The summed E-state index contributed by atoms with van der Waals surface area (Å²) in [7, 11) is 0. The van der Waals surface area contributed by atoms with Crippen LogP contribution in [0.1, 0.15) is 5.56 Å². The summed E-state index contributed by atoms with van der Waals surface area (Å²) < 4.78 is 5.35. The van der Waals surface area contributed by atoms with Crippen LogP contribution >= 0.6 is 23.2 Å². The first-order chi connectivity index (χ1) is 10.6. The highest BCUT2D eigenvalue weighted by atomic mass is 35.5. The van der Waals surface area contributed by atoms with E-state index in [0.717, 1.165) is 5.56 Å². The molecular formula is C15H12Cl2N2O3. The topological polar surface area (TPSA) is 70.9 Å². The molecule has 0 fully saturated rings. The highest BCUT2D eigenvalue weighted by molar-refractivity contribution is 6.42. The van der Waals surface area contributed by atoms with Crippen LogP contribution in [0.25, 0.3) is 0 Å². The van der Waals surface area contributed by atoms with E-state index in [2.05, 4.69) is 10.5 Å². The van der Waals surface area contributed by atoms with E-state index in [-0.39, 0.29) is 12.5 Å². The fraction of sp³-hybridized carbons (Fsp3) is 0.0667. The number of hydrogen-bond acceptors (Lipinski definition) is 4. The van der Waals surface area contributed by atoms with Gasteiger partial charge in [0.2, 0.25) is 0 Å². The van der Waals surface area contributed by atoms with Crippen LogP contribution in [0, 0.1) is 0 Å². The van der Waals surface area contributed by atoms with Gasteiger partial charge >= 0.3 is 0 Å². The van der Waals surface area contributed by atoms with Gasteiger partial charge in [0.05, 0.1) is 16.3 Å². The zero-order valence-electron chi connectivity index (χ0n) is 11.3. The Balaban J connectivity index is 1.88. The monoisotopic (exact) mass is 338 g/mol. The molecule has 0 aliphatic carbocycles. The quantitative estimate of drug-likeness (QED) is 0.494. The molecule has 0 atom stereocenters. The van der Waals surface area contributed by atoms with Gasteiger partial charge in [0.1, 0.15) is 5.75 Å². The zero-order chi connectivity index (χ0) is 15.9. The predicted molar refractivity (Wildman–Crippen MR) is 86.4 cm³/mol. The molecule has 0 heterocycles. The third-order valence-corrected chi connectivity index (χ3v) is 3.40. The van der Waals surface area contributed by atoms with Gasteiger partial charge in [-0.25, -0.2) is 0 Å². The molecule has 22 heavy (non-hydrogen) atoms. The van der Waals surface area contributed by atoms with E-state index < -0.39 is 0 Å². The molecule has 1 amide bonds. The number of hydrogen-bond donors (Lipinski definition) is 2. The Bertz CT molecular complexity index is 688. The van der Waals surface area contributed by atoms with E-state index in [9.17, 15) is 4.79 Å². The van der Waals surface area contributed by atoms with Crippen molar-refractivity contribution in [3.05, 3.63) is 58.1 Å². The summed E-state index contributed by atoms with van der Waals surface area (Å²) in [5.74, 6) is 0.207. The fourth-order valence-corrected chi connectivity index (χ4v) is 1.93. The molecule has 114 valence electrons. The van der Waals surface area contributed by atoms with Crippen molar-refractivity contribution >= 4 is 41.0 Å². The van der Waals surface area contributed by atoms with Gasteiger partial charge in [-0.2, -0.15) is 0 Å². The number of amides is 1. The van der Waals surface area contributed by atoms with Crippen molar-refractivity contribution in [3.63, 3.8) is 0 Å². The number of anilines is 1. The lowest BCUT2D eigenvalue weighted by Gasteiger charge is -2.08. The Morgan fingerprint density at radius 2 is 1.91 bits per heavy atom. The van der Waals surface area contributed by atoms with Crippen molar-refractivity contribution in [1.29, 1.82) is 0 Å². The molecule has 0 saturated carbocycles. The van der Waals surface area contributed by atoms with Crippen LogP contribution in [-0.4, -0.2) is 23.9 Å². The highest BCUT2D eigenvalue weighted by Crippen LogP contribution is 2.24. The molecule has 2 N–H and O–H groups in total. The number of carbonyl (C=O) groups excluding carboxylic acids is 1. The molecule has 2 aromatic rings. The van der Waals surface area contributed by atoms with Crippen LogP contribution in [0.15, 0.2) is 47.6 Å². The Labute approximate surface area is 137 Å². The van der Waals surface area contributed by atoms with Crippen LogP contribution in [0.5, 0.6) is 5.75 Å². The number of rotatable bonds is 5. The molecule has 0 bridgehead atoms. The van der Waals surface area contributed by atoms with Gasteiger partial charge in [0.25, 0.3) is 5.91 Å². The number of oxime groups is 1. The molecule has 0 radical (unpaired) electrons. The van der Waals surface area contributed by atoms with Gasteiger partial charge in [0.15, 0.2) is 6.61 Å². The maximum absolute atomic E-state index is 11.8. The molecule has 0 unspecified atom stereocenters. The first kappa shape index (κ1) is 16.1. The zero-order valence-corrected chi connectivity index (χ0v) is 12.8.